The first-order valence-electron chi connectivity index (χ1n) is 13.7. The number of rotatable bonds is 5. The van der Waals surface area contributed by atoms with Gasteiger partial charge in [0.25, 0.3) is 0 Å². The predicted octanol–water partition coefficient (Wildman–Crippen LogP) is 6.16. The predicted molar refractivity (Wildman–Crippen MR) is 156 cm³/mol. The van der Waals surface area contributed by atoms with Crippen LogP contribution in [0, 0.1) is 11.2 Å². The molecule has 7 rings (SSSR count). The van der Waals surface area contributed by atoms with Crippen molar-refractivity contribution in [2.24, 2.45) is 5.41 Å². The van der Waals surface area contributed by atoms with Crippen LogP contribution in [0.3, 0.4) is 0 Å². The first-order chi connectivity index (χ1) is 20.4. The minimum absolute atomic E-state index is 0.269. The molecule has 4 aromatic carbocycles. The Labute approximate surface area is 242 Å². The van der Waals surface area contributed by atoms with Crippen molar-refractivity contribution in [2.75, 3.05) is 19.1 Å². The van der Waals surface area contributed by atoms with E-state index in [-0.39, 0.29) is 17.3 Å². The summed E-state index contributed by atoms with van der Waals surface area (Å²) < 4.78 is 25.2. The van der Waals surface area contributed by atoms with Crippen molar-refractivity contribution in [1.29, 1.82) is 0 Å². The van der Waals surface area contributed by atoms with Crippen LogP contribution in [-0.4, -0.2) is 43.7 Å². The summed E-state index contributed by atoms with van der Waals surface area (Å²) in [5.74, 6) is -1.10. The summed E-state index contributed by atoms with van der Waals surface area (Å²) in [6.07, 6.45) is 3.52. The van der Waals surface area contributed by atoms with Gasteiger partial charge in [0, 0.05) is 33.9 Å². The van der Waals surface area contributed by atoms with Crippen molar-refractivity contribution < 1.29 is 28.2 Å². The van der Waals surface area contributed by atoms with Crippen LogP contribution in [0.4, 0.5) is 10.1 Å². The molecule has 1 fully saturated rings. The lowest BCUT2D eigenvalue weighted by atomic mass is 9.64. The second kappa shape index (κ2) is 9.52. The highest BCUT2D eigenvalue weighted by Gasteiger charge is 2.71. The molecule has 0 saturated carbocycles. The first kappa shape index (κ1) is 25.9. The summed E-state index contributed by atoms with van der Waals surface area (Å²) in [7, 11) is 3.09. The third-order valence-electron chi connectivity index (χ3n) is 8.86. The minimum Gasteiger partial charge on any atom is -0.497 e. The van der Waals surface area contributed by atoms with Crippen LogP contribution < -0.4 is 14.4 Å². The number of benzene rings is 4. The molecule has 0 bridgehead atoms. The molecular formula is C35H26FNO5. The van der Waals surface area contributed by atoms with E-state index in [2.05, 4.69) is 0 Å². The van der Waals surface area contributed by atoms with Crippen LogP contribution in [0.25, 0.3) is 6.08 Å². The van der Waals surface area contributed by atoms with Gasteiger partial charge in [0.15, 0.2) is 17.3 Å². The lowest BCUT2D eigenvalue weighted by Gasteiger charge is -2.37. The summed E-state index contributed by atoms with van der Waals surface area (Å²) in [6, 6.07) is 23.4. The second-order valence-corrected chi connectivity index (χ2v) is 10.8. The van der Waals surface area contributed by atoms with E-state index in [4.69, 9.17) is 9.47 Å². The quantitative estimate of drug-likeness (QED) is 0.216. The molecule has 0 amide bonds. The Morgan fingerprint density at radius 2 is 1.50 bits per heavy atom. The van der Waals surface area contributed by atoms with E-state index >= 15 is 0 Å². The van der Waals surface area contributed by atoms with Crippen molar-refractivity contribution >= 4 is 29.1 Å². The van der Waals surface area contributed by atoms with Gasteiger partial charge in [0.05, 0.1) is 20.3 Å². The molecule has 7 heteroatoms. The number of carbonyl (C=O) groups is 3. The highest BCUT2D eigenvalue weighted by Crippen LogP contribution is 2.61. The van der Waals surface area contributed by atoms with E-state index in [1.165, 1.54) is 12.1 Å². The van der Waals surface area contributed by atoms with Crippen molar-refractivity contribution in [3.63, 3.8) is 0 Å². The Bertz CT molecular complexity index is 1780. The molecule has 3 atom stereocenters. The molecule has 0 aromatic heterocycles. The maximum atomic E-state index is 14.7. The van der Waals surface area contributed by atoms with E-state index in [0.717, 1.165) is 0 Å². The summed E-state index contributed by atoms with van der Waals surface area (Å²) in [5.41, 5.74) is 1.20. The van der Waals surface area contributed by atoms with Gasteiger partial charge in [-0.1, -0.05) is 48.6 Å². The van der Waals surface area contributed by atoms with Gasteiger partial charge in [-0.2, -0.15) is 0 Å². The van der Waals surface area contributed by atoms with E-state index in [9.17, 15) is 18.8 Å². The normalized spacial score (nSPS) is 21.2. The van der Waals surface area contributed by atoms with Crippen LogP contribution >= 0.6 is 0 Å². The Morgan fingerprint density at radius 3 is 2.17 bits per heavy atom. The number of Topliss-reactive ketones (excluding diaryl/α,β-unsaturated/α-hetero) is 3. The van der Waals surface area contributed by atoms with Crippen LogP contribution in [0.5, 0.6) is 11.5 Å². The zero-order chi connectivity index (χ0) is 29.2. The van der Waals surface area contributed by atoms with E-state index < -0.39 is 29.2 Å². The van der Waals surface area contributed by atoms with Gasteiger partial charge in [0.1, 0.15) is 28.8 Å². The molecule has 4 aromatic rings. The van der Waals surface area contributed by atoms with Crippen molar-refractivity contribution in [1.82, 2.24) is 0 Å². The third-order valence-corrected chi connectivity index (χ3v) is 8.86. The molecule has 208 valence electrons. The monoisotopic (exact) mass is 559 g/mol. The van der Waals surface area contributed by atoms with E-state index in [1.807, 2.05) is 11.0 Å². The SMILES string of the molecule is COc1ccc(C(=O)C2C(c3cccc(OC)c3)C3(C(=O)c4ccccc4C3=O)C3C=Cc4cc(F)ccc4N23)cc1. The molecule has 0 N–H and O–H groups in total. The number of ether oxygens (including phenoxy) is 2. The number of carbonyl (C=O) groups excluding carboxylic acids is 3. The largest absolute Gasteiger partial charge is 0.497 e. The first-order valence-corrected chi connectivity index (χ1v) is 13.7. The zero-order valence-electron chi connectivity index (χ0n) is 22.9. The lowest BCUT2D eigenvalue weighted by Crippen LogP contribution is -2.48. The number of halogens is 1. The molecule has 3 unspecified atom stereocenters. The Balaban J connectivity index is 1.54. The molecule has 1 aliphatic carbocycles. The van der Waals surface area contributed by atoms with Crippen LogP contribution in [0.15, 0.2) is 97.1 Å². The average molecular weight is 560 g/mol. The van der Waals surface area contributed by atoms with Crippen LogP contribution in [0.1, 0.15) is 48.1 Å². The number of fused-ring (bicyclic) bond motifs is 5. The molecule has 42 heavy (non-hydrogen) atoms. The van der Waals surface area contributed by atoms with Crippen molar-refractivity contribution in [2.45, 2.75) is 18.0 Å². The Hall–Kier alpha value is -5.04. The molecule has 1 spiro atoms. The number of hydrogen-bond acceptors (Lipinski definition) is 6. The molecular weight excluding hydrogens is 533 g/mol. The third kappa shape index (κ3) is 3.46. The van der Waals surface area contributed by atoms with Gasteiger partial charge in [0.2, 0.25) is 0 Å². The molecule has 2 aliphatic heterocycles. The van der Waals surface area contributed by atoms with Gasteiger partial charge < -0.3 is 14.4 Å². The fourth-order valence-corrected chi connectivity index (χ4v) is 7.08. The standard InChI is InChI=1S/C35H26FNO5/c1-41-24-14-10-20(11-15-24)32(38)31-30(22-6-5-7-25(19-22)42-2)35(33(39)26-8-3-4-9-27(26)34(35)40)29-17-12-21-18-23(36)13-16-28(21)37(29)31/h3-19,29-31H,1-2H3. The summed E-state index contributed by atoms with van der Waals surface area (Å²) >= 11 is 0. The second-order valence-electron chi connectivity index (χ2n) is 10.8. The molecule has 1 saturated heterocycles. The molecule has 3 aliphatic rings. The molecule has 2 heterocycles. The van der Waals surface area contributed by atoms with Gasteiger partial charge in [-0.3, -0.25) is 14.4 Å². The number of hydrogen-bond donors (Lipinski definition) is 0. The number of ketones is 3. The lowest BCUT2D eigenvalue weighted by molar-refractivity contribution is 0.0665. The van der Waals surface area contributed by atoms with Gasteiger partial charge in [-0.25, -0.2) is 4.39 Å². The maximum Gasteiger partial charge on any atom is 0.185 e. The fraction of sp³-hybridized carbons (Fsp3) is 0.171. The van der Waals surface area contributed by atoms with Gasteiger partial charge >= 0.3 is 0 Å². The summed E-state index contributed by atoms with van der Waals surface area (Å²) in [4.78, 5) is 45.9. The highest BCUT2D eigenvalue weighted by molar-refractivity contribution is 6.32. The highest BCUT2D eigenvalue weighted by atomic mass is 19.1. The Kier molecular flexibility index (Phi) is 5.87. The number of methoxy groups -OCH3 is 2. The summed E-state index contributed by atoms with van der Waals surface area (Å²) in [6.45, 7) is 0. The summed E-state index contributed by atoms with van der Waals surface area (Å²) in [5, 5.41) is 0. The van der Waals surface area contributed by atoms with E-state index in [1.54, 1.807) is 99.2 Å². The van der Waals surface area contributed by atoms with Crippen LogP contribution in [-0.2, 0) is 0 Å². The average Bonchev–Trinajstić information content (AvgIpc) is 3.46. The zero-order valence-corrected chi connectivity index (χ0v) is 22.9. The fourth-order valence-electron chi connectivity index (χ4n) is 7.08. The number of nitrogens with zero attached hydrogens (tertiary/aromatic N) is 1. The van der Waals surface area contributed by atoms with Gasteiger partial charge in [-0.15, -0.1) is 0 Å². The van der Waals surface area contributed by atoms with E-state index in [0.29, 0.717) is 45.0 Å². The topological polar surface area (TPSA) is 72.9 Å². The smallest absolute Gasteiger partial charge is 0.185 e. The molecule has 6 nitrogen and oxygen atoms in total. The Morgan fingerprint density at radius 1 is 0.810 bits per heavy atom. The van der Waals surface area contributed by atoms with Gasteiger partial charge in [-0.05, 0) is 60.2 Å². The molecule has 0 radical (unpaired) electrons. The van der Waals surface area contributed by atoms with Crippen LogP contribution in [0.2, 0.25) is 0 Å². The maximum absolute atomic E-state index is 14.7. The van der Waals surface area contributed by atoms with Crippen molar-refractivity contribution in [3.8, 4) is 11.5 Å². The van der Waals surface area contributed by atoms with Crippen molar-refractivity contribution in [3.05, 3.63) is 131 Å². The minimum atomic E-state index is -1.65. The number of anilines is 1.